The summed E-state index contributed by atoms with van der Waals surface area (Å²) in [5.74, 6) is -1.57. The first kappa shape index (κ1) is 21.4. The van der Waals surface area contributed by atoms with E-state index >= 15 is 0 Å². The molecule has 5 atom stereocenters. The standard InChI is InChI=1S/C18H34O6/c1-2-3-4-5-6-7-8-9-10-13(18(22)23)11-14(19)17-16(21)15(20)12-24-17/h13-17,19-21H,2-12H2,1H3,(H,22,23)/t13?,14-,15+,16-,17-/m1/s1. The van der Waals surface area contributed by atoms with Gasteiger partial charge in [0.1, 0.15) is 18.3 Å². The first-order valence-electron chi connectivity index (χ1n) is 9.36. The maximum Gasteiger partial charge on any atom is 0.306 e. The number of carboxylic acids is 1. The lowest BCUT2D eigenvalue weighted by Crippen LogP contribution is -2.40. The molecule has 0 spiro atoms. The monoisotopic (exact) mass is 346 g/mol. The van der Waals surface area contributed by atoms with Crippen LogP contribution < -0.4 is 0 Å². The largest absolute Gasteiger partial charge is 0.481 e. The van der Waals surface area contributed by atoms with E-state index in [4.69, 9.17) is 4.74 Å². The van der Waals surface area contributed by atoms with Crippen LogP contribution in [0, 0.1) is 5.92 Å². The zero-order chi connectivity index (χ0) is 17.9. The molecule has 0 aromatic heterocycles. The number of aliphatic hydroxyl groups is 3. The molecule has 0 aliphatic carbocycles. The van der Waals surface area contributed by atoms with E-state index in [1.807, 2.05) is 0 Å². The Morgan fingerprint density at radius 1 is 1.08 bits per heavy atom. The van der Waals surface area contributed by atoms with E-state index in [2.05, 4.69) is 6.92 Å². The molecule has 1 saturated heterocycles. The lowest BCUT2D eigenvalue weighted by atomic mass is 9.91. The Morgan fingerprint density at radius 3 is 2.17 bits per heavy atom. The summed E-state index contributed by atoms with van der Waals surface area (Å²) in [6, 6.07) is 0. The lowest BCUT2D eigenvalue weighted by molar-refractivity contribution is -0.144. The van der Waals surface area contributed by atoms with Crippen molar-refractivity contribution in [1.29, 1.82) is 0 Å². The number of aliphatic hydroxyl groups excluding tert-OH is 3. The molecule has 0 saturated carbocycles. The van der Waals surface area contributed by atoms with Gasteiger partial charge in [0.15, 0.2) is 0 Å². The third kappa shape index (κ3) is 7.47. The Hall–Kier alpha value is -0.690. The van der Waals surface area contributed by atoms with Crippen molar-refractivity contribution < 1.29 is 30.0 Å². The minimum absolute atomic E-state index is 0.0291. The summed E-state index contributed by atoms with van der Waals surface area (Å²) in [5.41, 5.74) is 0. The van der Waals surface area contributed by atoms with Gasteiger partial charge in [-0.3, -0.25) is 4.79 Å². The van der Waals surface area contributed by atoms with Crippen molar-refractivity contribution in [3.63, 3.8) is 0 Å². The van der Waals surface area contributed by atoms with Crippen LogP contribution in [0.5, 0.6) is 0 Å². The van der Waals surface area contributed by atoms with Crippen LogP contribution in [0.15, 0.2) is 0 Å². The molecule has 1 rings (SSSR count). The fraction of sp³-hybridized carbons (Fsp3) is 0.944. The molecule has 4 N–H and O–H groups in total. The van der Waals surface area contributed by atoms with Crippen LogP contribution in [-0.4, -0.2) is 57.4 Å². The maximum atomic E-state index is 11.4. The SMILES string of the molecule is CCCCCCCCCCC(C[C@@H](O)[C@H]1OC[C@H](O)[C@H]1O)C(=O)O. The Morgan fingerprint density at radius 2 is 1.67 bits per heavy atom. The van der Waals surface area contributed by atoms with Gasteiger partial charge in [-0.05, 0) is 12.8 Å². The summed E-state index contributed by atoms with van der Waals surface area (Å²) in [5, 5.41) is 38.6. The normalized spacial score (nSPS) is 26.4. The van der Waals surface area contributed by atoms with E-state index in [1.165, 1.54) is 32.1 Å². The van der Waals surface area contributed by atoms with Crippen molar-refractivity contribution >= 4 is 5.97 Å². The average molecular weight is 346 g/mol. The van der Waals surface area contributed by atoms with Crippen molar-refractivity contribution in [1.82, 2.24) is 0 Å². The molecular formula is C18H34O6. The van der Waals surface area contributed by atoms with Crippen LogP contribution >= 0.6 is 0 Å². The molecule has 6 heteroatoms. The highest BCUT2D eigenvalue weighted by atomic mass is 16.5. The van der Waals surface area contributed by atoms with Crippen LogP contribution in [-0.2, 0) is 9.53 Å². The van der Waals surface area contributed by atoms with Gasteiger partial charge in [-0.2, -0.15) is 0 Å². The van der Waals surface area contributed by atoms with E-state index in [1.54, 1.807) is 0 Å². The second-order valence-corrected chi connectivity index (χ2v) is 6.96. The highest BCUT2D eigenvalue weighted by molar-refractivity contribution is 5.69. The van der Waals surface area contributed by atoms with Gasteiger partial charge >= 0.3 is 5.97 Å². The zero-order valence-corrected chi connectivity index (χ0v) is 14.8. The number of aliphatic carboxylic acids is 1. The fourth-order valence-corrected chi connectivity index (χ4v) is 3.26. The Bertz CT molecular complexity index is 348. The van der Waals surface area contributed by atoms with Crippen molar-refractivity contribution in [3.8, 4) is 0 Å². The molecule has 142 valence electrons. The minimum atomic E-state index is -1.16. The molecule has 0 bridgehead atoms. The Balaban J connectivity index is 2.23. The predicted molar refractivity (Wildman–Crippen MR) is 90.7 cm³/mol. The van der Waals surface area contributed by atoms with Gasteiger partial charge in [-0.15, -0.1) is 0 Å². The van der Waals surface area contributed by atoms with Crippen LogP contribution in [0.2, 0.25) is 0 Å². The van der Waals surface area contributed by atoms with Crippen molar-refractivity contribution in [3.05, 3.63) is 0 Å². The molecule has 0 aromatic carbocycles. The van der Waals surface area contributed by atoms with Crippen LogP contribution in [0.25, 0.3) is 0 Å². The first-order valence-corrected chi connectivity index (χ1v) is 9.36. The number of carbonyl (C=O) groups is 1. The van der Waals surface area contributed by atoms with Crippen LogP contribution in [0.1, 0.15) is 71.1 Å². The fourth-order valence-electron chi connectivity index (χ4n) is 3.26. The minimum Gasteiger partial charge on any atom is -0.481 e. The van der Waals surface area contributed by atoms with Gasteiger partial charge in [0.2, 0.25) is 0 Å². The summed E-state index contributed by atoms with van der Waals surface area (Å²) in [7, 11) is 0. The predicted octanol–water partition coefficient (Wildman–Crippen LogP) is 2.09. The third-order valence-corrected chi connectivity index (χ3v) is 4.85. The van der Waals surface area contributed by atoms with E-state index in [0.717, 1.165) is 19.3 Å². The summed E-state index contributed by atoms with van der Waals surface area (Å²) in [4.78, 5) is 11.4. The van der Waals surface area contributed by atoms with Gasteiger partial charge in [0, 0.05) is 0 Å². The summed E-state index contributed by atoms with van der Waals surface area (Å²) in [6.07, 6.45) is 5.60. The maximum absolute atomic E-state index is 11.4. The summed E-state index contributed by atoms with van der Waals surface area (Å²) in [6.45, 7) is 2.16. The number of carboxylic acid groups (broad SMARTS) is 1. The molecule has 0 aromatic rings. The van der Waals surface area contributed by atoms with Crippen molar-refractivity contribution in [2.24, 2.45) is 5.92 Å². The van der Waals surface area contributed by atoms with E-state index in [-0.39, 0.29) is 13.0 Å². The number of unbranched alkanes of at least 4 members (excludes halogenated alkanes) is 7. The first-order chi connectivity index (χ1) is 11.5. The lowest BCUT2D eigenvalue weighted by Gasteiger charge is -2.23. The number of hydrogen-bond acceptors (Lipinski definition) is 5. The highest BCUT2D eigenvalue weighted by Crippen LogP contribution is 2.24. The third-order valence-electron chi connectivity index (χ3n) is 4.85. The molecule has 1 aliphatic rings. The van der Waals surface area contributed by atoms with E-state index in [9.17, 15) is 25.2 Å². The van der Waals surface area contributed by atoms with Crippen molar-refractivity contribution in [2.45, 2.75) is 95.5 Å². The quantitative estimate of drug-likeness (QED) is 0.380. The van der Waals surface area contributed by atoms with E-state index in [0.29, 0.717) is 6.42 Å². The molecule has 1 aliphatic heterocycles. The molecule has 1 heterocycles. The Labute approximate surface area is 144 Å². The van der Waals surface area contributed by atoms with E-state index < -0.39 is 36.3 Å². The second kappa shape index (κ2) is 11.8. The summed E-state index contributed by atoms with van der Waals surface area (Å²) >= 11 is 0. The molecule has 6 nitrogen and oxygen atoms in total. The van der Waals surface area contributed by atoms with Crippen molar-refractivity contribution in [2.75, 3.05) is 6.61 Å². The average Bonchev–Trinajstić information content (AvgIpc) is 2.88. The molecule has 1 unspecified atom stereocenters. The van der Waals surface area contributed by atoms with Gasteiger partial charge in [0.05, 0.1) is 18.6 Å². The Kier molecular flexibility index (Phi) is 10.5. The molecule has 0 amide bonds. The molecule has 0 radical (unpaired) electrons. The highest BCUT2D eigenvalue weighted by Gasteiger charge is 2.40. The molecule has 1 fully saturated rings. The number of rotatable bonds is 13. The van der Waals surface area contributed by atoms with Crippen LogP contribution in [0.3, 0.4) is 0 Å². The smallest absolute Gasteiger partial charge is 0.306 e. The second-order valence-electron chi connectivity index (χ2n) is 6.96. The molecular weight excluding hydrogens is 312 g/mol. The van der Waals surface area contributed by atoms with Gasteiger partial charge in [-0.1, -0.05) is 58.3 Å². The summed E-state index contributed by atoms with van der Waals surface area (Å²) < 4.78 is 5.17. The van der Waals surface area contributed by atoms with Crippen LogP contribution in [0.4, 0.5) is 0 Å². The van der Waals surface area contributed by atoms with Gasteiger partial charge < -0.3 is 25.2 Å². The zero-order valence-electron chi connectivity index (χ0n) is 14.8. The number of ether oxygens (including phenoxy) is 1. The van der Waals surface area contributed by atoms with Gasteiger partial charge in [-0.25, -0.2) is 0 Å². The number of hydrogen-bond donors (Lipinski definition) is 4. The van der Waals surface area contributed by atoms with Gasteiger partial charge in [0.25, 0.3) is 0 Å². The topological polar surface area (TPSA) is 107 Å². The molecule has 24 heavy (non-hydrogen) atoms.